The summed E-state index contributed by atoms with van der Waals surface area (Å²) in [4.78, 5) is 36.7. The van der Waals surface area contributed by atoms with Crippen LogP contribution in [0.1, 0.15) is 22.3 Å². The first-order valence-corrected chi connectivity index (χ1v) is 24.0. The molecule has 0 saturated carbocycles. The second-order valence-corrected chi connectivity index (χ2v) is 19.6. The van der Waals surface area contributed by atoms with E-state index in [2.05, 4.69) is 9.97 Å². The molecular weight excluding hydrogens is 1080 g/mol. The Balaban J connectivity index is 1.33. The van der Waals surface area contributed by atoms with Crippen LogP contribution in [0.25, 0.3) is 89.7 Å². The van der Waals surface area contributed by atoms with Crippen molar-refractivity contribution in [3.63, 3.8) is 0 Å². The van der Waals surface area contributed by atoms with Crippen molar-refractivity contribution in [1.82, 2.24) is 39.9 Å². The number of fused-ring (bicyclic) bond motifs is 20. The SMILES string of the molecule is Cc1cccc(C)c1Oc1c(Cl)c(Cl)c2c(c1Cl)-c1nc-2nc2[nH]c(nc3nc(nc4[nH]c(n1)c1c(Cl)c(Oc5c(C)cccc5C)c(Cl)c(Cl)c41)-c1c(Cl)c(Cl)c(Cl)c(Cl)c1-3)c1ccccc21. The molecule has 2 N–H and O–H groups in total. The zero-order valence-electron chi connectivity index (χ0n) is 35.1. The summed E-state index contributed by atoms with van der Waals surface area (Å²) in [5.74, 6) is 1.43. The molecule has 9 aromatic rings. The number of aryl methyl sites for hydroxylation is 4. The van der Waals surface area contributed by atoms with Crippen molar-refractivity contribution >= 4 is 160 Å². The largest absolute Gasteiger partial charge is 0.454 e. The number of aromatic amines is 2. The lowest BCUT2D eigenvalue weighted by atomic mass is 10.1. The first-order valence-electron chi connectivity index (χ1n) is 20.2. The van der Waals surface area contributed by atoms with E-state index in [0.29, 0.717) is 33.6 Å². The molecule has 0 radical (unpaired) electrons. The molecule has 6 aromatic carbocycles. The third kappa shape index (κ3) is 6.98. The van der Waals surface area contributed by atoms with Gasteiger partial charge in [0.2, 0.25) is 0 Å². The highest BCUT2D eigenvalue weighted by Crippen LogP contribution is 2.56. The quantitative estimate of drug-likeness (QED) is 0.132. The molecule has 3 aromatic heterocycles. The Bertz CT molecular complexity index is 3910. The van der Waals surface area contributed by atoms with Crippen LogP contribution >= 0.6 is 116 Å². The lowest BCUT2D eigenvalue weighted by Gasteiger charge is -2.17. The minimum absolute atomic E-state index is 0.00544. The van der Waals surface area contributed by atoms with Gasteiger partial charge in [-0.15, -0.1) is 0 Å². The molecule has 68 heavy (non-hydrogen) atoms. The van der Waals surface area contributed by atoms with Crippen LogP contribution in [0.3, 0.4) is 0 Å². The number of nitrogens with one attached hydrogen (secondary N) is 2. The summed E-state index contributed by atoms with van der Waals surface area (Å²) in [5.41, 5.74) is 5.17. The Hall–Kier alpha value is -4.82. The molecule has 0 spiro atoms. The molecule has 2 aliphatic heterocycles. The van der Waals surface area contributed by atoms with Crippen molar-refractivity contribution in [1.29, 1.82) is 0 Å². The van der Waals surface area contributed by atoms with Crippen LogP contribution in [0.2, 0.25) is 50.2 Å². The van der Waals surface area contributed by atoms with Gasteiger partial charge in [-0.25, -0.2) is 29.9 Å². The van der Waals surface area contributed by atoms with Crippen molar-refractivity contribution in [2.45, 2.75) is 27.7 Å². The Morgan fingerprint density at radius 1 is 0.324 bits per heavy atom. The van der Waals surface area contributed by atoms with E-state index in [1.165, 1.54) is 0 Å². The van der Waals surface area contributed by atoms with E-state index in [1.807, 2.05) is 88.4 Å². The van der Waals surface area contributed by atoms with E-state index in [0.717, 1.165) is 22.3 Å². The molecule has 2 aliphatic rings. The molecule has 20 heteroatoms. The smallest absolute Gasteiger partial charge is 0.166 e. The first kappa shape index (κ1) is 45.6. The summed E-state index contributed by atoms with van der Waals surface area (Å²) >= 11 is 71.0. The predicted octanol–water partition coefficient (Wildman–Crippen LogP) is 18.2. The molecule has 0 aliphatic carbocycles. The lowest BCUT2D eigenvalue weighted by Crippen LogP contribution is -1.96. The van der Waals surface area contributed by atoms with Crippen LogP contribution in [-0.4, -0.2) is 39.9 Å². The molecule has 0 fully saturated rings. The number of halogens is 10. The number of hydrogen-bond donors (Lipinski definition) is 2. The number of H-pyrrole nitrogens is 2. The summed E-state index contributed by atoms with van der Waals surface area (Å²) in [7, 11) is 0. The number of aromatic nitrogens is 8. The lowest BCUT2D eigenvalue weighted by molar-refractivity contribution is 0.476. The van der Waals surface area contributed by atoms with Gasteiger partial charge in [0, 0.05) is 10.8 Å². The highest BCUT2D eigenvalue weighted by Gasteiger charge is 2.34. The standard InChI is InChI=1S/C48H24Cl10N8O2/c1-15-9-7-10-16(2)37(15)67-39-31(53)25-23(29(51)35(39)57)44-61-42-20-14-6-5-13-19(20)41(59-42)60-43-21-22(28(50)34(56)33(55)27(21)49)45(62-43)64-46-24-26(48(65-46)66-47(25)63-44)32(54)40(36(58)30(24)52)68-38-17(3)11-8-12-18(38)4/h5-14H,1-4H3,(H2,59,60,61,62,63,64,65,66). The van der Waals surface area contributed by atoms with E-state index in [-0.39, 0.29) is 129 Å². The molecule has 10 nitrogen and oxygen atoms in total. The zero-order valence-corrected chi connectivity index (χ0v) is 42.6. The van der Waals surface area contributed by atoms with E-state index in [1.54, 1.807) is 0 Å². The molecule has 5 heterocycles. The molecule has 0 unspecified atom stereocenters. The van der Waals surface area contributed by atoms with E-state index in [4.69, 9.17) is 155 Å². The maximum atomic E-state index is 7.43. The molecule has 0 saturated heterocycles. The van der Waals surface area contributed by atoms with Crippen LogP contribution in [0, 0.1) is 27.7 Å². The second-order valence-electron chi connectivity index (χ2n) is 15.8. The summed E-state index contributed by atoms with van der Waals surface area (Å²) in [6.45, 7) is 7.61. The second kappa shape index (κ2) is 16.9. The first-order chi connectivity index (χ1) is 32.5. The van der Waals surface area contributed by atoms with Crippen molar-refractivity contribution < 1.29 is 9.47 Å². The minimum Gasteiger partial charge on any atom is -0.454 e. The van der Waals surface area contributed by atoms with Crippen LogP contribution in [0.15, 0.2) is 60.7 Å². The molecule has 8 bridgehead atoms. The molecule has 0 atom stereocenters. The summed E-state index contributed by atoms with van der Waals surface area (Å²) in [6, 6.07) is 18.9. The topological polar surface area (TPSA) is 127 Å². The number of para-hydroxylation sites is 2. The minimum atomic E-state index is -0.0238. The number of hydrogen-bond acceptors (Lipinski definition) is 8. The van der Waals surface area contributed by atoms with Crippen LogP contribution in [-0.2, 0) is 0 Å². The Morgan fingerprint density at radius 2 is 0.662 bits per heavy atom. The van der Waals surface area contributed by atoms with E-state index < -0.39 is 0 Å². The van der Waals surface area contributed by atoms with Gasteiger partial charge in [0.05, 0.1) is 73.2 Å². The predicted molar refractivity (Wildman–Crippen MR) is 278 cm³/mol. The van der Waals surface area contributed by atoms with Crippen LogP contribution in [0.5, 0.6) is 23.0 Å². The van der Waals surface area contributed by atoms with E-state index >= 15 is 0 Å². The van der Waals surface area contributed by atoms with Crippen molar-refractivity contribution in [2.24, 2.45) is 0 Å². The summed E-state index contributed by atoms with van der Waals surface area (Å²) < 4.78 is 13.1. The Kier molecular flexibility index (Phi) is 11.4. The van der Waals surface area contributed by atoms with Crippen LogP contribution in [0.4, 0.5) is 0 Å². The van der Waals surface area contributed by atoms with Gasteiger partial charge in [0.1, 0.15) is 44.1 Å². The molecule has 11 rings (SSSR count). The van der Waals surface area contributed by atoms with Gasteiger partial charge >= 0.3 is 0 Å². The van der Waals surface area contributed by atoms with Crippen LogP contribution < -0.4 is 9.47 Å². The maximum Gasteiger partial charge on any atom is 0.166 e. The third-order valence-corrected chi connectivity index (χ3v) is 15.8. The van der Waals surface area contributed by atoms with Gasteiger partial charge in [0.25, 0.3) is 0 Å². The number of benzene rings is 6. The monoisotopic (exact) mass is 1090 g/mol. The fraction of sp³-hybridized carbons (Fsp3) is 0.0833. The maximum absolute atomic E-state index is 7.43. The summed E-state index contributed by atoms with van der Waals surface area (Å²) in [6.07, 6.45) is 0. The fourth-order valence-corrected chi connectivity index (χ4v) is 11.1. The Morgan fingerprint density at radius 3 is 1.10 bits per heavy atom. The average molecular weight is 1100 g/mol. The van der Waals surface area contributed by atoms with Gasteiger partial charge in [-0.2, -0.15) is 0 Å². The summed E-state index contributed by atoms with van der Waals surface area (Å²) in [5, 5.41) is 1.92. The number of rotatable bonds is 4. The molecular formula is C48H24Cl10N8O2. The van der Waals surface area contributed by atoms with Gasteiger partial charge in [-0.1, -0.05) is 177 Å². The van der Waals surface area contributed by atoms with E-state index in [9.17, 15) is 0 Å². The van der Waals surface area contributed by atoms with Gasteiger partial charge in [-0.3, -0.25) is 0 Å². The third-order valence-electron chi connectivity index (χ3n) is 11.6. The highest BCUT2D eigenvalue weighted by molar-refractivity contribution is 6.55. The Labute approximate surface area is 435 Å². The number of ether oxygens (including phenoxy) is 2. The fourth-order valence-electron chi connectivity index (χ4n) is 8.39. The molecule has 338 valence electrons. The average Bonchev–Trinajstić information content (AvgIpc) is 4.06. The van der Waals surface area contributed by atoms with Crippen molar-refractivity contribution in [3.05, 3.63) is 133 Å². The zero-order chi connectivity index (χ0) is 47.8. The van der Waals surface area contributed by atoms with Gasteiger partial charge in [-0.05, 0) is 49.9 Å². The van der Waals surface area contributed by atoms with Crippen molar-refractivity contribution in [3.8, 4) is 68.5 Å². The van der Waals surface area contributed by atoms with Crippen molar-refractivity contribution in [2.75, 3.05) is 0 Å². The number of nitrogens with zero attached hydrogens (tertiary/aromatic N) is 6. The molecule has 0 amide bonds. The highest BCUT2D eigenvalue weighted by atomic mass is 35.5. The normalized spacial score (nSPS) is 12.0. The van der Waals surface area contributed by atoms with Gasteiger partial charge < -0.3 is 19.4 Å². The van der Waals surface area contributed by atoms with Gasteiger partial charge in [0.15, 0.2) is 34.8 Å².